The van der Waals surface area contributed by atoms with Crippen LogP contribution in [0.4, 0.5) is 0 Å². The summed E-state index contributed by atoms with van der Waals surface area (Å²) in [4.78, 5) is 10.6. The van der Waals surface area contributed by atoms with Crippen molar-refractivity contribution in [2.75, 3.05) is 11.5 Å². The number of nitrogens with one attached hydrogen (secondary N) is 1. The van der Waals surface area contributed by atoms with E-state index in [2.05, 4.69) is 0 Å². The van der Waals surface area contributed by atoms with E-state index in [9.17, 15) is 9.00 Å². The molecule has 1 fully saturated rings. The van der Waals surface area contributed by atoms with Crippen molar-refractivity contribution in [3.8, 4) is 0 Å². The molecule has 1 heterocycles. The Labute approximate surface area is 70.9 Å². The first-order chi connectivity index (χ1) is 4.99. The predicted molar refractivity (Wildman–Crippen MR) is 47.3 cm³/mol. The van der Waals surface area contributed by atoms with E-state index in [1.54, 1.807) is 0 Å². The molecule has 1 aliphatic rings. The minimum atomic E-state index is -2.31. The standard InChI is InChI=1S/C6H11NO2S2/c1-5(8)10-6-2-3-11(7,9)4-6/h6-7H,2-4H2,1H3/t6-,11-/m1/s1. The highest BCUT2D eigenvalue weighted by Gasteiger charge is 2.26. The zero-order valence-electron chi connectivity index (χ0n) is 6.33. The van der Waals surface area contributed by atoms with E-state index in [-0.39, 0.29) is 10.4 Å². The molecule has 11 heavy (non-hydrogen) atoms. The second-order valence-electron chi connectivity index (χ2n) is 2.70. The third-order valence-electron chi connectivity index (χ3n) is 1.56. The van der Waals surface area contributed by atoms with Crippen molar-refractivity contribution >= 4 is 26.6 Å². The second kappa shape index (κ2) is 3.15. The smallest absolute Gasteiger partial charge is 0.186 e. The number of rotatable bonds is 1. The Bertz CT molecular complexity index is 258. The maximum atomic E-state index is 11.1. The van der Waals surface area contributed by atoms with Crippen LogP contribution in [0.5, 0.6) is 0 Å². The number of hydrogen-bond acceptors (Lipinski definition) is 4. The van der Waals surface area contributed by atoms with Gasteiger partial charge < -0.3 is 0 Å². The van der Waals surface area contributed by atoms with Crippen LogP contribution in [-0.4, -0.2) is 26.1 Å². The highest BCUT2D eigenvalue weighted by atomic mass is 32.2. The first-order valence-electron chi connectivity index (χ1n) is 3.41. The van der Waals surface area contributed by atoms with E-state index in [1.165, 1.54) is 18.7 Å². The van der Waals surface area contributed by atoms with Gasteiger partial charge in [0, 0.05) is 33.4 Å². The summed E-state index contributed by atoms with van der Waals surface area (Å²) in [5, 5.41) is 0.199. The molecule has 0 amide bonds. The van der Waals surface area contributed by atoms with E-state index in [0.29, 0.717) is 11.5 Å². The molecule has 0 bridgehead atoms. The van der Waals surface area contributed by atoms with E-state index in [4.69, 9.17) is 4.78 Å². The SMILES string of the molecule is CC(=O)S[C@@H]1CC[S@@](=N)(=O)C1. The Balaban J connectivity index is 2.49. The van der Waals surface area contributed by atoms with Gasteiger partial charge in [-0.15, -0.1) is 0 Å². The molecular weight excluding hydrogens is 182 g/mol. The van der Waals surface area contributed by atoms with Crippen molar-refractivity contribution in [1.29, 1.82) is 4.78 Å². The molecule has 1 saturated heterocycles. The van der Waals surface area contributed by atoms with Gasteiger partial charge in [-0.25, -0.2) is 4.21 Å². The molecule has 0 saturated carbocycles. The van der Waals surface area contributed by atoms with Crippen LogP contribution in [0.3, 0.4) is 0 Å². The van der Waals surface area contributed by atoms with E-state index in [0.717, 1.165) is 6.42 Å². The summed E-state index contributed by atoms with van der Waals surface area (Å²) >= 11 is 1.23. The fourth-order valence-electron chi connectivity index (χ4n) is 1.12. The summed E-state index contributed by atoms with van der Waals surface area (Å²) in [6.07, 6.45) is 0.757. The zero-order chi connectivity index (χ0) is 8.48. The Morgan fingerprint density at radius 2 is 2.36 bits per heavy atom. The Morgan fingerprint density at radius 3 is 2.73 bits per heavy atom. The normalized spacial score (nSPS) is 37.4. The van der Waals surface area contributed by atoms with Gasteiger partial charge in [0.15, 0.2) is 5.12 Å². The summed E-state index contributed by atoms with van der Waals surface area (Å²) in [5.74, 6) is 0.870. The molecule has 1 aliphatic heterocycles. The van der Waals surface area contributed by atoms with Gasteiger partial charge in [0.1, 0.15) is 0 Å². The molecule has 0 aliphatic carbocycles. The predicted octanol–water partition coefficient (Wildman–Crippen LogP) is 1.09. The third-order valence-corrected chi connectivity index (χ3v) is 4.67. The molecule has 0 aromatic rings. The van der Waals surface area contributed by atoms with Gasteiger partial charge in [-0.2, -0.15) is 0 Å². The van der Waals surface area contributed by atoms with Crippen molar-refractivity contribution in [1.82, 2.24) is 0 Å². The molecule has 0 radical (unpaired) electrons. The largest absolute Gasteiger partial charge is 0.288 e. The molecule has 5 heteroatoms. The summed E-state index contributed by atoms with van der Waals surface area (Å²) < 4.78 is 18.4. The van der Waals surface area contributed by atoms with E-state index >= 15 is 0 Å². The molecule has 3 nitrogen and oxygen atoms in total. The number of carbonyl (C=O) groups is 1. The molecule has 2 atom stereocenters. The fourth-order valence-corrected chi connectivity index (χ4v) is 4.50. The molecule has 0 aromatic carbocycles. The van der Waals surface area contributed by atoms with Gasteiger partial charge >= 0.3 is 0 Å². The van der Waals surface area contributed by atoms with Gasteiger partial charge in [0.25, 0.3) is 0 Å². The lowest BCUT2D eigenvalue weighted by atomic mass is 10.4. The monoisotopic (exact) mass is 193 g/mol. The summed E-state index contributed by atoms with van der Waals surface area (Å²) in [6, 6.07) is 0. The lowest BCUT2D eigenvalue weighted by Crippen LogP contribution is -2.06. The maximum Gasteiger partial charge on any atom is 0.186 e. The lowest BCUT2D eigenvalue weighted by molar-refractivity contribution is -0.109. The van der Waals surface area contributed by atoms with Crippen LogP contribution in [0.25, 0.3) is 0 Å². The zero-order valence-corrected chi connectivity index (χ0v) is 7.96. The van der Waals surface area contributed by atoms with Crippen LogP contribution in [0.1, 0.15) is 13.3 Å². The summed E-state index contributed by atoms with van der Waals surface area (Å²) in [6.45, 7) is 1.51. The average molecular weight is 193 g/mol. The Morgan fingerprint density at radius 1 is 1.73 bits per heavy atom. The molecule has 0 spiro atoms. The highest BCUT2D eigenvalue weighted by molar-refractivity contribution is 8.14. The first-order valence-corrected chi connectivity index (χ1v) is 6.18. The average Bonchev–Trinajstić information content (AvgIpc) is 2.08. The van der Waals surface area contributed by atoms with E-state index < -0.39 is 9.73 Å². The fraction of sp³-hybridized carbons (Fsp3) is 0.833. The molecule has 64 valence electrons. The first kappa shape index (κ1) is 9.06. The van der Waals surface area contributed by atoms with Gasteiger partial charge in [0.05, 0.1) is 0 Å². The van der Waals surface area contributed by atoms with Crippen LogP contribution < -0.4 is 0 Å². The molecule has 0 unspecified atom stereocenters. The molecule has 1 N–H and O–H groups in total. The van der Waals surface area contributed by atoms with E-state index in [1.807, 2.05) is 0 Å². The van der Waals surface area contributed by atoms with Crippen molar-refractivity contribution in [2.24, 2.45) is 0 Å². The van der Waals surface area contributed by atoms with Crippen molar-refractivity contribution in [3.63, 3.8) is 0 Å². The van der Waals surface area contributed by atoms with Crippen LogP contribution in [-0.2, 0) is 14.5 Å². The highest BCUT2D eigenvalue weighted by Crippen LogP contribution is 2.24. The van der Waals surface area contributed by atoms with Crippen LogP contribution in [0, 0.1) is 4.78 Å². The van der Waals surface area contributed by atoms with Crippen LogP contribution in [0.15, 0.2) is 0 Å². The minimum absolute atomic E-state index is 0.0621. The van der Waals surface area contributed by atoms with Crippen LogP contribution >= 0.6 is 11.8 Å². The molecule has 0 aromatic heterocycles. The van der Waals surface area contributed by atoms with Gasteiger partial charge in [0.2, 0.25) is 0 Å². The topological polar surface area (TPSA) is 58.0 Å². The summed E-state index contributed by atoms with van der Waals surface area (Å²) in [7, 11) is -2.31. The Kier molecular flexibility index (Phi) is 2.59. The van der Waals surface area contributed by atoms with Crippen molar-refractivity contribution in [3.05, 3.63) is 0 Å². The Hall–Kier alpha value is -0.0300. The lowest BCUT2D eigenvalue weighted by Gasteiger charge is -2.01. The number of carbonyl (C=O) groups excluding carboxylic acids is 1. The van der Waals surface area contributed by atoms with Gasteiger partial charge in [-0.3, -0.25) is 9.57 Å². The third kappa shape index (κ3) is 2.83. The quantitative estimate of drug-likeness (QED) is 0.678. The maximum absolute atomic E-state index is 11.1. The summed E-state index contributed by atoms with van der Waals surface area (Å²) in [5.41, 5.74) is 0. The van der Waals surface area contributed by atoms with Gasteiger partial charge in [-0.1, -0.05) is 11.8 Å². The molecule has 1 rings (SSSR count). The second-order valence-corrected chi connectivity index (χ2v) is 6.55. The number of thioether (sulfide) groups is 1. The van der Waals surface area contributed by atoms with Crippen LogP contribution in [0.2, 0.25) is 0 Å². The van der Waals surface area contributed by atoms with Gasteiger partial charge in [-0.05, 0) is 6.42 Å². The van der Waals surface area contributed by atoms with Crippen molar-refractivity contribution < 1.29 is 9.00 Å². The molecular formula is C6H11NO2S2. The minimum Gasteiger partial charge on any atom is -0.288 e. The number of hydrogen-bond donors (Lipinski definition) is 1. The van der Waals surface area contributed by atoms with Crippen molar-refractivity contribution in [2.45, 2.75) is 18.6 Å².